The Morgan fingerprint density at radius 3 is 2.85 bits per heavy atom. The number of piperidine rings is 1. The summed E-state index contributed by atoms with van der Waals surface area (Å²) >= 11 is 5.90. The Hall–Kier alpha value is -3.15. The molecule has 178 valence electrons. The highest BCUT2D eigenvalue weighted by Gasteiger charge is 2.27. The molecule has 2 aromatic heterocycles. The van der Waals surface area contributed by atoms with Gasteiger partial charge in [0.15, 0.2) is 5.82 Å². The zero-order chi connectivity index (χ0) is 23.5. The number of benzene rings is 1. The molecule has 10 nitrogen and oxygen atoms in total. The number of carbonyl (C=O) groups is 1. The molecule has 1 unspecified atom stereocenters. The van der Waals surface area contributed by atoms with Crippen LogP contribution in [0.15, 0.2) is 30.7 Å². The Bertz CT molecular complexity index is 1180. The van der Waals surface area contributed by atoms with Gasteiger partial charge in [-0.3, -0.25) is 4.79 Å². The summed E-state index contributed by atoms with van der Waals surface area (Å²) in [7, 11) is 0. The summed E-state index contributed by atoms with van der Waals surface area (Å²) in [6.45, 7) is 3.26. The number of hydrogen-bond donors (Lipinski definition) is 3. The van der Waals surface area contributed by atoms with E-state index in [1.807, 2.05) is 0 Å². The Kier molecular flexibility index (Phi) is 6.66. The molecule has 0 bridgehead atoms. The van der Waals surface area contributed by atoms with E-state index in [1.54, 1.807) is 12.3 Å². The number of anilines is 3. The maximum atomic E-state index is 13.5. The fraction of sp³-hybridized carbons (Fsp3) is 0.409. The van der Waals surface area contributed by atoms with E-state index < -0.39 is 11.9 Å². The maximum Gasteiger partial charge on any atom is 0.250 e. The van der Waals surface area contributed by atoms with Crippen molar-refractivity contribution in [2.75, 3.05) is 43.0 Å². The fourth-order valence-electron chi connectivity index (χ4n) is 4.05. The number of amides is 1. The zero-order valence-electron chi connectivity index (χ0n) is 18.3. The van der Waals surface area contributed by atoms with Crippen LogP contribution in [0.3, 0.4) is 0 Å². The lowest BCUT2D eigenvalue weighted by molar-refractivity contribution is -0.135. The van der Waals surface area contributed by atoms with Gasteiger partial charge in [-0.25, -0.2) is 24.3 Å². The van der Waals surface area contributed by atoms with E-state index in [1.165, 1.54) is 18.5 Å². The van der Waals surface area contributed by atoms with E-state index in [0.717, 1.165) is 19.4 Å². The van der Waals surface area contributed by atoms with E-state index in [2.05, 4.69) is 35.8 Å². The van der Waals surface area contributed by atoms with Crippen molar-refractivity contribution >= 4 is 46.0 Å². The van der Waals surface area contributed by atoms with E-state index in [4.69, 9.17) is 21.3 Å². The van der Waals surface area contributed by atoms with Crippen LogP contribution in [0.4, 0.5) is 21.8 Å². The number of carbonyl (C=O) groups excluding carboxylic acids is 1. The smallest absolute Gasteiger partial charge is 0.250 e. The maximum absolute atomic E-state index is 13.5. The first-order valence-electron chi connectivity index (χ1n) is 11.1. The molecule has 1 aromatic carbocycles. The van der Waals surface area contributed by atoms with E-state index in [-0.39, 0.29) is 17.0 Å². The molecule has 34 heavy (non-hydrogen) atoms. The summed E-state index contributed by atoms with van der Waals surface area (Å²) in [6, 6.07) is 4.43. The summed E-state index contributed by atoms with van der Waals surface area (Å²) in [4.78, 5) is 32.2. The number of nitrogens with one attached hydrogen (secondary N) is 3. The van der Waals surface area contributed by atoms with Crippen LogP contribution in [-0.2, 0) is 9.53 Å². The SMILES string of the molecule is O=C(NC1CCN(c2ncc3ncnc(Nc4ccc(F)c(Cl)c4)c3n2)CC1)C1CNCCO1. The molecule has 0 spiro atoms. The molecule has 1 atom stereocenters. The number of rotatable bonds is 5. The monoisotopic (exact) mass is 486 g/mol. The second-order valence-corrected chi connectivity index (χ2v) is 8.62. The molecule has 5 rings (SSSR count). The van der Waals surface area contributed by atoms with Crippen LogP contribution in [0.2, 0.25) is 5.02 Å². The van der Waals surface area contributed by atoms with Gasteiger partial charge in [0.25, 0.3) is 5.91 Å². The van der Waals surface area contributed by atoms with E-state index in [0.29, 0.717) is 54.7 Å². The summed E-state index contributed by atoms with van der Waals surface area (Å²) in [5, 5.41) is 9.41. The Morgan fingerprint density at radius 1 is 1.24 bits per heavy atom. The molecule has 2 saturated heterocycles. The molecular formula is C22H24ClFN8O2. The predicted molar refractivity (Wildman–Crippen MR) is 126 cm³/mol. The number of halogens is 2. The number of aromatic nitrogens is 4. The highest BCUT2D eigenvalue weighted by atomic mass is 35.5. The minimum absolute atomic E-state index is 0.0138. The number of hydrogen-bond acceptors (Lipinski definition) is 9. The average Bonchev–Trinajstić information content (AvgIpc) is 2.87. The molecule has 12 heteroatoms. The largest absolute Gasteiger partial charge is 0.366 e. The zero-order valence-corrected chi connectivity index (χ0v) is 19.1. The van der Waals surface area contributed by atoms with Gasteiger partial charge in [-0.1, -0.05) is 11.6 Å². The van der Waals surface area contributed by atoms with Gasteiger partial charge in [-0.05, 0) is 31.0 Å². The minimum atomic E-state index is -0.494. The van der Waals surface area contributed by atoms with Gasteiger partial charge >= 0.3 is 0 Å². The standard InChI is InChI=1S/C22H24ClFN8O2/c23-15-9-14(1-2-16(15)24)29-20-19-17(27-12-28-20)10-26-22(31-19)32-6-3-13(4-7-32)30-21(33)18-11-25-5-8-34-18/h1-2,9-10,12-13,18,25H,3-8,11H2,(H,30,33)(H,27,28,29). The average molecular weight is 487 g/mol. The first-order chi connectivity index (χ1) is 16.6. The Balaban J connectivity index is 1.26. The molecule has 4 heterocycles. The normalized spacial score (nSPS) is 19.2. The van der Waals surface area contributed by atoms with Crippen LogP contribution >= 0.6 is 11.6 Å². The number of nitrogens with zero attached hydrogens (tertiary/aromatic N) is 5. The van der Waals surface area contributed by atoms with Gasteiger partial charge in [0, 0.05) is 37.9 Å². The van der Waals surface area contributed by atoms with Gasteiger partial charge in [0.05, 0.1) is 17.8 Å². The number of ether oxygens (including phenoxy) is 1. The number of fused-ring (bicyclic) bond motifs is 1. The minimum Gasteiger partial charge on any atom is -0.366 e. The van der Waals surface area contributed by atoms with Crippen molar-refractivity contribution in [3.8, 4) is 0 Å². The van der Waals surface area contributed by atoms with Crippen molar-refractivity contribution < 1.29 is 13.9 Å². The quantitative estimate of drug-likeness (QED) is 0.498. The van der Waals surface area contributed by atoms with Crippen LogP contribution in [0, 0.1) is 5.82 Å². The fourth-order valence-corrected chi connectivity index (χ4v) is 4.23. The van der Waals surface area contributed by atoms with Crippen molar-refractivity contribution in [1.29, 1.82) is 0 Å². The van der Waals surface area contributed by atoms with Crippen molar-refractivity contribution in [2.45, 2.75) is 25.0 Å². The lowest BCUT2D eigenvalue weighted by atomic mass is 10.0. The highest BCUT2D eigenvalue weighted by molar-refractivity contribution is 6.31. The lowest BCUT2D eigenvalue weighted by Crippen LogP contribution is -2.52. The third-order valence-corrected chi connectivity index (χ3v) is 6.18. The van der Waals surface area contributed by atoms with Gasteiger partial charge in [-0.2, -0.15) is 0 Å². The predicted octanol–water partition coefficient (Wildman–Crippen LogP) is 2.03. The summed E-state index contributed by atoms with van der Waals surface area (Å²) in [5.74, 6) is 0.472. The van der Waals surface area contributed by atoms with E-state index >= 15 is 0 Å². The molecule has 2 aliphatic heterocycles. The second-order valence-electron chi connectivity index (χ2n) is 8.21. The summed E-state index contributed by atoms with van der Waals surface area (Å²) in [5.41, 5.74) is 1.71. The Labute approximate surface area is 200 Å². The lowest BCUT2D eigenvalue weighted by Gasteiger charge is -2.33. The molecule has 0 radical (unpaired) electrons. The van der Waals surface area contributed by atoms with Crippen LogP contribution in [0.25, 0.3) is 11.0 Å². The van der Waals surface area contributed by atoms with Crippen LogP contribution in [-0.4, -0.2) is 70.8 Å². The van der Waals surface area contributed by atoms with Crippen LogP contribution < -0.4 is 20.9 Å². The van der Waals surface area contributed by atoms with Crippen LogP contribution in [0.1, 0.15) is 12.8 Å². The molecule has 0 saturated carbocycles. The highest BCUT2D eigenvalue weighted by Crippen LogP contribution is 2.26. The molecule has 1 amide bonds. The first-order valence-corrected chi connectivity index (χ1v) is 11.5. The Morgan fingerprint density at radius 2 is 2.09 bits per heavy atom. The first kappa shape index (κ1) is 22.6. The molecule has 2 aliphatic rings. The molecule has 0 aliphatic carbocycles. The third-order valence-electron chi connectivity index (χ3n) is 5.89. The van der Waals surface area contributed by atoms with Gasteiger partial charge in [-0.15, -0.1) is 0 Å². The molecule has 3 aromatic rings. The van der Waals surface area contributed by atoms with Crippen molar-refractivity contribution in [1.82, 2.24) is 30.6 Å². The van der Waals surface area contributed by atoms with Gasteiger partial charge in [0.2, 0.25) is 5.95 Å². The van der Waals surface area contributed by atoms with Crippen molar-refractivity contribution in [3.05, 3.63) is 41.6 Å². The van der Waals surface area contributed by atoms with E-state index in [9.17, 15) is 9.18 Å². The third kappa shape index (κ3) is 5.01. The molecule has 3 N–H and O–H groups in total. The summed E-state index contributed by atoms with van der Waals surface area (Å²) < 4.78 is 19.0. The van der Waals surface area contributed by atoms with Gasteiger partial charge < -0.3 is 25.6 Å². The number of morpholine rings is 1. The second kappa shape index (κ2) is 10.00. The van der Waals surface area contributed by atoms with Crippen LogP contribution in [0.5, 0.6) is 0 Å². The topological polar surface area (TPSA) is 117 Å². The van der Waals surface area contributed by atoms with Crippen molar-refractivity contribution in [3.63, 3.8) is 0 Å². The molecule has 2 fully saturated rings. The van der Waals surface area contributed by atoms with Crippen molar-refractivity contribution in [2.24, 2.45) is 0 Å². The van der Waals surface area contributed by atoms with Gasteiger partial charge in [0.1, 0.15) is 29.3 Å². The summed E-state index contributed by atoms with van der Waals surface area (Å²) in [6.07, 6.45) is 4.19. The molecular weight excluding hydrogens is 463 g/mol.